The molecule has 0 spiro atoms. The highest BCUT2D eigenvalue weighted by molar-refractivity contribution is 5.94. The second-order valence-corrected chi connectivity index (χ2v) is 5.60. The maximum atomic E-state index is 12.2. The number of ether oxygens (including phenoxy) is 1. The maximum Gasteiger partial charge on any atom is 0.265 e. The van der Waals surface area contributed by atoms with Crippen molar-refractivity contribution >= 4 is 11.6 Å². The molecule has 0 aliphatic rings. The zero-order valence-electron chi connectivity index (χ0n) is 13.6. The van der Waals surface area contributed by atoms with E-state index < -0.39 is 6.10 Å². The molecule has 118 valence electrons. The molecular formula is C19H20N2O2. The lowest BCUT2D eigenvalue weighted by atomic mass is 10.1. The van der Waals surface area contributed by atoms with Crippen molar-refractivity contribution in [3.8, 4) is 11.8 Å². The van der Waals surface area contributed by atoms with Crippen LogP contribution in [0.2, 0.25) is 0 Å². The van der Waals surface area contributed by atoms with E-state index in [4.69, 9.17) is 10.00 Å². The van der Waals surface area contributed by atoms with Crippen LogP contribution >= 0.6 is 0 Å². The number of nitriles is 1. The first-order valence-electron chi connectivity index (χ1n) is 7.49. The third-order valence-electron chi connectivity index (χ3n) is 3.38. The summed E-state index contributed by atoms with van der Waals surface area (Å²) in [5.74, 6) is 0.478. The van der Waals surface area contributed by atoms with Crippen molar-refractivity contribution in [2.45, 2.75) is 33.3 Å². The first-order chi connectivity index (χ1) is 11.0. The van der Waals surface area contributed by atoms with Gasteiger partial charge in [0.1, 0.15) is 5.75 Å². The van der Waals surface area contributed by atoms with E-state index in [0.29, 0.717) is 17.9 Å². The second-order valence-electron chi connectivity index (χ2n) is 5.60. The van der Waals surface area contributed by atoms with E-state index in [0.717, 1.165) is 16.7 Å². The SMILES string of the molecule is Cc1cc(C)cc(O[C@H](C)C(=O)Nc2ccc(CC#N)cc2)c1. The molecule has 2 aromatic rings. The first kappa shape index (κ1) is 16.6. The van der Waals surface area contributed by atoms with E-state index in [1.807, 2.05) is 38.1 Å². The average Bonchev–Trinajstić information content (AvgIpc) is 2.48. The van der Waals surface area contributed by atoms with Crippen LogP contribution in [0.5, 0.6) is 5.75 Å². The number of nitrogens with one attached hydrogen (secondary N) is 1. The Balaban J connectivity index is 1.98. The molecule has 2 rings (SSSR count). The fraction of sp³-hybridized carbons (Fsp3) is 0.263. The maximum absolute atomic E-state index is 12.2. The summed E-state index contributed by atoms with van der Waals surface area (Å²) in [5.41, 5.74) is 3.80. The van der Waals surface area contributed by atoms with Crippen molar-refractivity contribution in [1.82, 2.24) is 0 Å². The van der Waals surface area contributed by atoms with Crippen molar-refractivity contribution in [3.63, 3.8) is 0 Å². The highest BCUT2D eigenvalue weighted by atomic mass is 16.5. The number of rotatable bonds is 5. The van der Waals surface area contributed by atoms with Crippen molar-refractivity contribution in [3.05, 3.63) is 59.2 Å². The van der Waals surface area contributed by atoms with E-state index in [-0.39, 0.29) is 5.91 Å². The van der Waals surface area contributed by atoms with Gasteiger partial charge in [0.15, 0.2) is 6.10 Å². The van der Waals surface area contributed by atoms with E-state index in [9.17, 15) is 4.79 Å². The van der Waals surface area contributed by atoms with Crippen LogP contribution < -0.4 is 10.1 Å². The number of carbonyl (C=O) groups excluding carboxylic acids is 1. The van der Waals surface area contributed by atoms with E-state index in [2.05, 4.69) is 17.5 Å². The van der Waals surface area contributed by atoms with Gasteiger partial charge in [0.2, 0.25) is 0 Å². The van der Waals surface area contributed by atoms with Gasteiger partial charge in [0.25, 0.3) is 5.91 Å². The number of benzene rings is 2. The van der Waals surface area contributed by atoms with Gasteiger partial charge in [-0.15, -0.1) is 0 Å². The van der Waals surface area contributed by atoms with Crippen molar-refractivity contribution < 1.29 is 9.53 Å². The van der Waals surface area contributed by atoms with Gasteiger partial charge in [-0.05, 0) is 61.7 Å². The normalized spacial score (nSPS) is 11.4. The summed E-state index contributed by atoms with van der Waals surface area (Å²) in [4.78, 5) is 12.2. The Morgan fingerprint density at radius 1 is 1.17 bits per heavy atom. The van der Waals surface area contributed by atoms with Crippen molar-refractivity contribution in [1.29, 1.82) is 5.26 Å². The molecule has 23 heavy (non-hydrogen) atoms. The van der Waals surface area contributed by atoms with Crippen molar-refractivity contribution in [2.24, 2.45) is 0 Å². The summed E-state index contributed by atoms with van der Waals surface area (Å²) in [6.45, 7) is 5.71. The Labute approximate surface area is 136 Å². The molecular weight excluding hydrogens is 288 g/mol. The summed E-state index contributed by atoms with van der Waals surface area (Å²) < 4.78 is 5.72. The van der Waals surface area contributed by atoms with Crippen LogP contribution in [0.25, 0.3) is 0 Å². The standard InChI is InChI=1S/C19H20N2O2/c1-13-10-14(2)12-18(11-13)23-15(3)19(22)21-17-6-4-16(5-7-17)8-9-20/h4-7,10-12,15H,8H2,1-3H3,(H,21,22)/t15-/m1/s1. The zero-order valence-corrected chi connectivity index (χ0v) is 13.6. The minimum atomic E-state index is -0.602. The van der Waals surface area contributed by atoms with Crippen molar-refractivity contribution in [2.75, 3.05) is 5.32 Å². The summed E-state index contributed by atoms with van der Waals surface area (Å²) >= 11 is 0. The molecule has 0 aliphatic carbocycles. The van der Waals surface area contributed by atoms with Crippen LogP contribution in [0.15, 0.2) is 42.5 Å². The number of hydrogen-bond donors (Lipinski definition) is 1. The lowest BCUT2D eigenvalue weighted by molar-refractivity contribution is -0.122. The topological polar surface area (TPSA) is 62.1 Å². The highest BCUT2D eigenvalue weighted by Crippen LogP contribution is 2.18. The highest BCUT2D eigenvalue weighted by Gasteiger charge is 2.15. The summed E-state index contributed by atoms with van der Waals surface area (Å²) in [7, 11) is 0. The Morgan fingerprint density at radius 3 is 2.35 bits per heavy atom. The molecule has 1 amide bonds. The van der Waals surface area contributed by atoms with Gasteiger partial charge in [-0.3, -0.25) is 4.79 Å². The molecule has 0 heterocycles. The van der Waals surface area contributed by atoms with Crippen LogP contribution in [0, 0.1) is 25.2 Å². The van der Waals surface area contributed by atoms with Crippen LogP contribution in [-0.4, -0.2) is 12.0 Å². The lowest BCUT2D eigenvalue weighted by Crippen LogP contribution is -2.30. The number of anilines is 1. The quantitative estimate of drug-likeness (QED) is 0.914. The Hall–Kier alpha value is -2.80. The van der Waals surface area contributed by atoms with Gasteiger partial charge >= 0.3 is 0 Å². The van der Waals surface area contributed by atoms with Gasteiger partial charge in [0, 0.05) is 5.69 Å². The van der Waals surface area contributed by atoms with Crippen LogP contribution in [0.1, 0.15) is 23.6 Å². The van der Waals surface area contributed by atoms with Crippen LogP contribution in [-0.2, 0) is 11.2 Å². The van der Waals surface area contributed by atoms with E-state index >= 15 is 0 Å². The lowest BCUT2D eigenvalue weighted by Gasteiger charge is -2.15. The molecule has 1 atom stereocenters. The first-order valence-corrected chi connectivity index (χ1v) is 7.49. The molecule has 0 aliphatic heterocycles. The molecule has 0 fully saturated rings. The number of hydrogen-bond acceptors (Lipinski definition) is 3. The molecule has 2 aromatic carbocycles. The van der Waals surface area contributed by atoms with E-state index in [1.165, 1.54) is 0 Å². The Bertz CT molecular complexity index is 710. The summed E-state index contributed by atoms with van der Waals surface area (Å²) in [6, 6.07) is 15.2. The average molecular weight is 308 g/mol. The molecule has 0 bridgehead atoms. The largest absolute Gasteiger partial charge is 0.481 e. The summed E-state index contributed by atoms with van der Waals surface area (Å²) in [6.07, 6.45) is -0.240. The summed E-state index contributed by atoms with van der Waals surface area (Å²) in [5, 5.41) is 11.5. The van der Waals surface area contributed by atoms with Crippen LogP contribution in [0.3, 0.4) is 0 Å². The fourth-order valence-electron chi connectivity index (χ4n) is 2.30. The molecule has 0 saturated carbocycles. The fourth-order valence-corrected chi connectivity index (χ4v) is 2.30. The second kappa shape index (κ2) is 7.46. The van der Waals surface area contributed by atoms with Crippen LogP contribution in [0.4, 0.5) is 5.69 Å². The van der Waals surface area contributed by atoms with Gasteiger partial charge in [0.05, 0.1) is 12.5 Å². The Kier molecular flexibility index (Phi) is 5.37. The minimum Gasteiger partial charge on any atom is -0.481 e. The third kappa shape index (κ3) is 4.86. The smallest absolute Gasteiger partial charge is 0.265 e. The van der Waals surface area contributed by atoms with Gasteiger partial charge in [-0.2, -0.15) is 5.26 Å². The van der Waals surface area contributed by atoms with Gasteiger partial charge < -0.3 is 10.1 Å². The predicted octanol–water partition coefficient (Wildman–Crippen LogP) is 3.78. The minimum absolute atomic E-state index is 0.211. The molecule has 0 aromatic heterocycles. The van der Waals surface area contributed by atoms with E-state index in [1.54, 1.807) is 19.1 Å². The monoisotopic (exact) mass is 308 g/mol. The molecule has 0 saturated heterocycles. The number of amides is 1. The number of carbonyl (C=O) groups is 1. The Morgan fingerprint density at radius 2 is 1.78 bits per heavy atom. The third-order valence-corrected chi connectivity index (χ3v) is 3.38. The predicted molar refractivity (Wildman–Crippen MR) is 90.4 cm³/mol. The molecule has 4 nitrogen and oxygen atoms in total. The van der Waals surface area contributed by atoms with Gasteiger partial charge in [-0.25, -0.2) is 0 Å². The number of nitrogens with zero attached hydrogens (tertiary/aromatic N) is 1. The van der Waals surface area contributed by atoms with Gasteiger partial charge in [-0.1, -0.05) is 18.2 Å². The molecule has 0 unspecified atom stereocenters. The number of aryl methyl sites for hydroxylation is 2. The molecule has 4 heteroatoms. The molecule has 1 N–H and O–H groups in total. The molecule has 0 radical (unpaired) electrons. The zero-order chi connectivity index (χ0) is 16.8.